The number of amides is 1. The van der Waals surface area contributed by atoms with Gasteiger partial charge in [-0.3, -0.25) is 4.79 Å². The number of carbonyl (C=O) groups excluding carboxylic acids is 1. The van der Waals surface area contributed by atoms with E-state index in [4.69, 9.17) is 11.6 Å². The average molecular weight is 412 g/mol. The Labute approximate surface area is 175 Å². The number of halogens is 1. The Bertz CT molecular complexity index is 1000. The number of hydrogen-bond donors (Lipinski definition) is 1. The van der Waals surface area contributed by atoms with Crippen LogP contribution in [0.25, 0.3) is 16.8 Å². The van der Waals surface area contributed by atoms with Crippen LogP contribution in [0.3, 0.4) is 0 Å². The lowest BCUT2D eigenvalue weighted by molar-refractivity contribution is -0.125. The van der Waals surface area contributed by atoms with Crippen molar-refractivity contribution in [3.8, 4) is 11.3 Å². The number of anilines is 1. The quantitative estimate of drug-likeness (QED) is 0.618. The molecule has 3 heterocycles. The summed E-state index contributed by atoms with van der Waals surface area (Å²) in [5.74, 6) is 1.01. The molecule has 7 heteroatoms. The van der Waals surface area contributed by atoms with Gasteiger partial charge in [-0.2, -0.15) is 5.10 Å². The number of fused-ring (bicyclic) bond motifs is 1. The molecule has 1 amide bonds. The number of piperidine rings is 1. The molecular formula is C22H26ClN5O. The van der Waals surface area contributed by atoms with Gasteiger partial charge in [0.2, 0.25) is 5.91 Å². The molecule has 3 aromatic rings. The fourth-order valence-corrected chi connectivity index (χ4v) is 4.10. The van der Waals surface area contributed by atoms with Gasteiger partial charge in [-0.05, 0) is 31.4 Å². The molecular weight excluding hydrogens is 386 g/mol. The van der Waals surface area contributed by atoms with E-state index < -0.39 is 0 Å². The van der Waals surface area contributed by atoms with Crippen molar-refractivity contribution < 1.29 is 4.79 Å². The first-order valence-electron chi connectivity index (χ1n) is 10.3. The molecule has 0 spiro atoms. The highest BCUT2D eigenvalue weighted by molar-refractivity contribution is 6.33. The number of hydrogen-bond acceptors (Lipinski definition) is 4. The molecule has 0 radical (unpaired) electrons. The monoisotopic (exact) mass is 411 g/mol. The van der Waals surface area contributed by atoms with Crippen LogP contribution < -0.4 is 10.2 Å². The number of aromatic nitrogens is 3. The van der Waals surface area contributed by atoms with E-state index in [1.807, 2.05) is 41.0 Å². The zero-order valence-corrected chi connectivity index (χ0v) is 17.4. The lowest BCUT2D eigenvalue weighted by atomic mass is 9.97. The number of benzene rings is 1. The van der Waals surface area contributed by atoms with Gasteiger partial charge in [-0.25, -0.2) is 9.50 Å². The topological polar surface area (TPSA) is 62.5 Å². The van der Waals surface area contributed by atoms with Gasteiger partial charge in [0.1, 0.15) is 5.52 Å². The second kappa shape index (κ2) is 8.82. The fraction of sp³-hybridized carbons (Fsp3) is 0.409. The minimum atomic E-state index is -0.00591. The van der Waals surface area contributed by atoms with Crippen LogP contribution in [0.1, 0.15) is 32.6 Å². The maximum Gasteiger partial charge on any atom is 0.224 e. The molecule has 1 aliphatic rings. The molecule has 1 aliphatic heterocycles. The van der Waals surface area contributed by atoms with Crippen molar-refractivity contribution in [3.63, 3.8) is 0 Å². The third kappa shape index (κ3) is 4.22. The first-order chi connectivity index (χ1) is 14.2. The summed E-state index contributed by atoms with van der Waals surface area (Å²) in [6, 6.07) is 9.72. The van der Waals surface area contributed by atoms with Crippen LogP contribution in [0.15, 0.2) is 42.7 Å². The molecule has 0 saturated carbocycles. The van der Waals surface area contributed by atoms with Crippen LogP contribution in [0.4, 0.5) is 5.82 Å². The summed E-state index contributed by atoms with van der Waals surface area (Å²) in [5, 5.41) is 8.44. The highest BCUT2D eigenvalue weighted by Gasteiger charge is 2.27. The summed E-state index contributed by atoms with van der Waals surface area (Å²) in [6.45, 7) is 4.45. The third-order valence-electron chi connectivity index (χ3n) is 5.44. The minimum absolute atomic E-state index is 0.00591. The van der Waals surface area contributed by atoms with E-state index in [0.29, 0.717) is 11.6 Å². The maximum atomic E-state index is 12.5. The predicted octanol–water partition coefficient (Wildman–Crippen LogP) is 4.18. The van der Waals surface area contributed by atoms with Crippen molar-refractivity contribution in [3.05, 3.63) is 47.7 Å². The lowest BCUT2D eigenvalue weighted by Crippen LogP contribution is -2.43. The van der Waals surface area contributed by atoms with E-state index in [1.165, 1.54) is 0 Å². The van der Waals surface area contributed by atoms with Crippen LogP contribution >= 0.6 is 11.6 Å². The summed E-state index contributed by atoms with van der Waals surface area (Å²) >= 11 is 6.36. The maximum absolute atomic E-state index is 12.5. The molecule has 0 bridgehead atoms. The Hall–Kier alpha value is -2.60. The van der Waals surface area contributed by atoms with E-state index in [0.717, 1.165) is 61.4 Å². The van der Waals surface area contributed by atoms with Gasteiger partial charge in [-0.1, -0.05) is 43.1 Å². The minimum Gasteiger partial charge on any atom is -0.356 e. The summed E-state index contributed by atoms with van der Waals surface area (Å²) in [7, 11) is 0. The van der Waals surface area contributed by atoms with Gasteiger partial charge in [0.15, 0.2) is 5.82 Å². The van der Waals surface area contributed by atoms with E-state index in [-0.39, 0.29) is 11.8 Å². The molecule has 1 saturated heterocycles. The van der Waals surface area contributed by atoms with Crippen molar-refractivity contribution in [1.29, 1.82) is 0 Å². The normalized spacial score (nSPS) is 16.9. The van der Waals surface area contributed by atoms with Crippen molar-refractivity contribution in [1.82, 2.24) is 19.9 Å². The molecule has 2 aromatic heterocycles. The van der Waals surface area contributed by atoms with Crippen LogP contribution in [0.2, 0.25) is 5.02 Å². The Morgan fingerprint density at radius 1 is 1.34 bits per heavy atom. The van der Waals surface area contributed by atoms with Crippen LogP contribution in [0.5, 0.6) is 0 Å². The van der Waals surface area contributed by atoms with Gasteiger partial charge in [-0.15, -0.1) is 0 Å². The second-order valence-electron chi connectivity index (χ2n) is 7.52. The van der Waals surface area contributed by atoms with Gasteiger partial charge < -0.3 is 10.2 Å². The zero-order chi connectivity index (χ0) is 20.2. The van der Waals surface area contributed by atoms with Crippen molar-refractivity contribution >= 4 is 28.8 Å². The summed E-state index contributed by atoms with van der Waals surface area (Å²) in [6.07, 6.45) is 7.60. The Morgan fingerprint density at radius 3 is 3.03 bits per heavy atom. The summed E-state index contributed by atoms with van der Waals surface area (Å²) in [5.41, 5.74) is 2.64. The van der Waals surface area contributed by atoms with Crippen molar-refractivity contribution in [2.45, 2.75) is 32.6 Å². The van der Waals surface area contributed by atoms with E-state index in [2.05, 4.69) is 27.2 Å². The van der Waals surface area contributed by atoms with Crippen LogP contribution in [0, 0.1) is 5.92 Å². The molecule has 1 aromatic carbocycles. The van der Waals surface area contributed by atoms with E-state index >= 15 is 0 Å². The predicted molar refractivity (Wildman–Crippen MR) is 116 cm³/mol. The Kier molecular flexibility index (Phi) is 6.00. The number of nitrogens with zero attached hydrogens (tertiary/aromatic N) is 4. The number of rotatable bonds is 6. The van der Waals surface area contributed by atoms with Crippen molar-refractivity contribution in [2.24, 2.45) is 5.92 Å². The summed E-state index contributed by atoms with van der Waals surface area (Å²) in [4.78, 5) is 19.4. The first kappa shape index (κ1) is 19.7. The molecule has 0 aliphatic carbocycles. The first-order valence-corrected chi connectivity index (χ1v) is 10.7. The molecule has 29 heavy (non-hydrogen) atoms. The molecule has 1 fully saturated rings. The van der Waals surface area contributed by atoms with Gasteiger partial charge in [0.25, 0.3) is 0 Å². The van der Waals surface area contributed by atoms with Crippen molar-refractivity contribution in [2.75, 3.05) is 24.5 Å². The number of carbonyl (C=O) groups is 1. The van der Waals surface area contributed by atoms with Gasteiger partial charge in [0, 0.05) is 37.6 Å². The smallest absolute Gasteiger partial charge is 0.224 e. The van der Waals surface area contributed by atoms with Crippen LogP contribution in [-0.2, 0) is 4.79 Å². The molecule has 4 rings (SSSR count). The number of nitrogens with one attached hydrogen (secondary N) is 1. The van der Waals surface area contributed by atoms with E-state index in [1.54, 1.807) is 6.20 Å². The zero-order valence-electron chi connectivity index (χ0n) is 16.6. The molecule has 1 N–H and O–H groups in total. The van der Waals surface area contributed by atoms with Gasteiger partial charge in [0.05, 0.1) is 16.6 Å². The fourth-order valence-electron chi connectivity index (χ4n) is 3.87. The molecule has 6 nitrogen and oxygen atoms in total. The standard InChI is InChI=1S/C22H26ClN5O/c1-2-3-10-25-22(29)16-7-6-12-27(15-16)21-20-14-19(26-28(20)13-11-24-21)17-8-4-5-9-18(17)23/h4-5,8-9,11,13-14,16H,2-3,6-7,10,12,15H2,1H3,(H,25,29). The SMILES string of the molecule is CCCCNC(=O)C1CCCN(c2nccn3nc(-c4ccccc4Cl)cc23)C1. The molecule has 1 atom stereocenters. The largest absolute Gasteiger partial charge is 0.356 e. The Balaban J connectivity index is 1.59. The third-order valence-corrected chi connectivity index (χ3v) is 5.77. The Morgan fingerprint density at radius 2 is 2.21 bits per heavy atom. The summed E-state index contributed by atoms with van der Waals surface area (Å²) < 4.78 is 1.84. The lowest BCUT2D eigenvalue weighted by Gasteiger charge is -2.33. The second-order valence-corrected chi connectivity index (χ2v) is 7.93. The molecule has 152 valence electrons. The van der Waals surface area contributed by atoms with E-state index in [9.17, 15) is 4.79 Å². The van der Waals surface area contributed by atoms with Gasteiger partial charge >= 0.3 is 0 Å². The molecule has 1 unspecified atom stereocenters. The van der Waals surface area contributed by atoms with Crippen LogP contribution in [-0.4, -0.2) is 40.1 Å². The highest BCUT2D eigenvalue weighted by atomic mass is 35.5. The average Bonchev–Trinajstić information content (AvgIpc) is 3.18. The highest BCUT2D eigenvalue weighted by Crippen LogP contribution is 2.31. The number of unbranched alkanes of at least 4 members (excludes halogenated alkanes) is 1.